The van der Waals surface area contributed by atoms with Crippen molar-refractivity contribution in [3.63, 3.8) is 0 Å². The van der Waals surface area contributed by atoms with Crippen LogP contribution >= 0.6 is 0 Å². The normalized spacial score (nSPS) is 15.5. The quantitative estimate of drug-likeness (QED) is 0.206. The van der Waals surface area contributed by atoms with Gasteiger partial charge in [-0.2, -0.15) is 0 Å². The van der Waals surface area contributed by atoms with Gasteiger partial charge in [0.05, 0.1) is 24.5 Å². The Bertz CT molecular complexity index is 1800. The van der Waals surface area contributed by atoms with E-state index >= 15 is 0 Å². The highest BCUT2D eigenvalue weighted by Crippen LogP contribution is 2.30. The highest BCUT2D eigenvalue weighted by atomic mass is 16.2. The first kappa shape index (κ1) is 35.9. The van der Waals surface area contributed by atoms with Gasteiger partial charge < -0.3 is 25.3 Å². The number of rotatable bonds is 12. The topological polar surface area (TPSA) is 102 Å². The molecule has 2 aliphatic rings. The summed E-state index contributed by atoms with van der Waals surface area (Å²) in [7, 11) is 2.10. The lowest BCUT2D eigenvalue weighted by Gasteiger charge is -2.35. The Morgan fingerprint density at radius 2 is 1.55 bits per heavy atom. The Morgan fingerprint density at radius 3 is 2.31 bits per heavy atom. The fourth-order valence-electron chi connectivity index (χ4n) is 6.95. The minimum absolute atomic E-state index is 0.146. The summed E-state index contributed by atoms with van der Waals surface area (Å²) in [6, 6.07) is 27.3. The van der Waals surface area contributed by atoms with Crippen LogP contribution in [0.15, 0.2) is 91.1 Å². The van der Waals surface area contributed by atoms with Crippen LogP contribution in [0.3, 0.4) is 0 Å². The Labute approximate surface area is 301 Å². The second kappa shape index (κ2) is 17.4. The number of piperazine rings is 1. The Morgan fingerprint density at radius 1 is 0.804 bits per heavy atom. The molecule has 3 heterocycles. The zero-order chi connectivity index (χ0) is 35.6. The SMILES string of the molecule is CC(=O)N1CCN(CCN(C)Cc2cccc(C(=O)Nc3ccc([NH+]4CCCCC4)cc3-c3cc(C(=O)NCc4ccccc4)ccn3)c2)CC1. The number of pyridine rings is 1. The van der Waals surface area contributed by atoms with Crippen molar-refractivity contribution < 1.29 is 19.3 Å². The Balaban J connectivity index is 1.15. The maximum Gasteiger partial charge on any atom is 0.255 e. The Kier molecular flexibility index (Phi) is 12.2. The van der Waals surface area contributed by atoms with Gasteiger partial charge >= 0.3 is 0 Å². The minimum Gasteiger partial charge on any atom is -0.348 e. The van der Waals surface area contributed by atoms with Crippen molar-refractivity contribution >= 4 is 29.1 Å². The van der Waals surface area contributed by atoms with Crippen LogP contribution in [0, 0.1) is 0 Å². The zero-order valence-electron chi connectivity index (χ0n) is 29.9. The molecule has 2 aliphatic heterocycles. The summed E-state index contributed by atoms with van der Waals surface area (Å²) < 4.78 is 0. The van der Waals surface area contributed by atoms with Crippen LogP contribution in [-0.2, 0) is 17.9 Å². The van der Waals surface area contributed by atoms with E-state index in [4.69, 9.17) is 0 Å². The molecule has 10 heteroatoms. The van der Waals surface area contributed by atoms with Gasteiger partial charge in [-0.05, 0) is 67.8 Å². The number of carbonyl (C=O) groups is 3. The number of benzene rings is 3. The Hall–Kier alpha value is -4.90. The highest BCUT2D eigenvalue weighted by Gasteiger charge is 2.22. The van der Waals surface area contributed by atoms with E-state index in [1.165, 1.54) is 24.2 Å². The molecule has 6 rings (SSSR count). The molecule has 3 amide bonds. The third-order valence-electron chi connectivity index (χ3n) is 9.98. The predicted octanol–water partition coefficient (Wildman–Crippen LogP) is 4.23. The lowest BCUT2D eigenvalue weighted by molar-refractivity contribution is -0.838. The molecule has 3 aromatic carbocycles. The lowest BCUT2D eigenvalue weighted by atomic mass is 10.0. The molecule has 0 bridgehead atoms. The summed E-state index contributed by atoms with van der Waals surface area (Å²) in [5.41, 5.74) is 6.42. The van der Waals surface area contributed by atoms with E-state index in [1.807, 2.05) is 59.5 Å². The van der Waals surface area contributed by atoms with Gasteiger partial charge in [-0.3, -0.25) is 24.3 Å². The van der Waals surface area contributed by atoms with E-state index < -0.39 is 0 Å². The first-order valence-corrected chi connectivity index (χ1v) is 18.2. The van der Waals surface area contributed by atoms with Gasteiger partial charge in [-0.1, -0.05) is 42.5 Å². The van der Waals surface area contributed by atoms with E-state index in [0.717, 1.165) is 81.3 Å². The first-order chi connectivity index (χ1) is 24.8. The standard InChI is InChI=1S/C41H49N7O3/c1-31(49)47-24-22-46(23-25-47)21-20-45(2)30-33-12-9-13-34(26-33)41(51)44-38-15-14-36(48-18-7-4-8-19-48)28-37(38)39-27-35(16-17-42-39)40(50)43-29-32-10-5-3-6-11-32/h3,5-6,9-17,26-28H,4,7-8,18-25,29-30H2,1-2H3,(H,43,50)(H,44,51)/p+1. The van der Waals surface area contributed by atoms with Crippen LogP contribution in [0.25, 0.3) is 11.3 Å². The molecule has 0 atom stereocenters. The molecule has 0 saturated carbocycles. The molecule has 1 aromatic heterocycles. The van der Waals surface area contributed by atoms with Gasteiger partial charge in [0.1, 0.15) is 5.69 Å². The van der Waals surface area contributed by atoms with Crippen LogP contribution in [0.4, 0.5) is 11.4 Å². The molecule has 2 saturated heterocycles. The number of quaternary nitrogens is 1. The molecule has 4 aromatic rings. The van der Waals surface area contributed by atoms with Crippen LogP contribution in [-0.4, -0.2) is 96.8 Å². The summed E-state index contributed by atoms with van der Waals surface area (Å²) in [6.45, 7) is 10.1. The molecule has 0 spiro atoms. The van der Waals surface area contributed by atoms with E-state index in [2.05, 4.69) is 50.7 Å². The molecule has 2 fully saturated rings. The molecule has 51 heavy (non-hydrogen) atoms. The smallest absolute Gasteiger partial charge is 0.255 e. The van der Waals surface area contributed by atoms with E-state index in [-0.39, 0.29) is 17.7 Å². The number of hydrogen-bond donors (Lipinski definition) is 3. The highest BCUT2D eigenvalue weighted by molar-refractivity contribution is 6.06. The maximum atomic E-state index is 13.8. The minimum atomic E-state index is -0.195. The number of amides is 3. The first-order valence-electron chi connectivity index (χ1n) is 18.2. The summed E-state index contributed by atoms with van der Waals surface area (Å²) in [4.78, 5) is 51.3. The van der Waals surface area contributed by atoms with Gasteiger partial charge in [0, 0.05) is 94.3 Å². The van der Waals surface area contributed by atoms with E-state index in [0.29, 0.717) is 29.1 Å². The average molecular weight is 689 g/mol. The second-order valence-electron chi connectivity index (χ2n) is 13.8. The molecular formula is C41H50N7O3+. The third-order valence-corrected chi connectivity index (χ3v) is 9.98. The molecule has 10 nitrogen and oxygen atoms in total. The number of carbonyl (C=O) groups excluding carboxylic acids is 3. The van der Waals surface area contributed by atoms with Crippen LogP contribution < -0.4 is 15.5 Å². The molecule has 266 valence electrons. The van der Waals surface area contributed by atoms with Gasteiger partial charge in [-0.15, -0.1) is 0 Å². The summed E-state index contributed by atoms with van der Waals surface area (Å²) in [6.07, 6.45) is 5.27. The van der Waals surface area contributed by atoms with Crippen molar-refractivity contribution in [1.82, 2.24) is 25.0 Å². The lowest BCUT2D eigenvalue weighted by Crippen LogP contribution is -3.08. The maximum absolute atomic E-state index is 13.8. The summed E-state index contributed by atoms with van der Waals surface area (Å²) >= 11 is 0. The van der Waals surface area contributed by atoms with E-state index in [9.17, 15) is 14.4 Å². The molecule has 0 unspecified atom stereocenters. The van der Waals surface area contributed by atoms with Crippen LogP contribution in [0.2, 0.25) is 0 Å². The number of nitrogens with one attached hydrogen (secondary N) is 3. The third kappa shape index (κ3) is 9.88. The number of nitrogens with zero attached hydrogens (tertiary/aromatic N) is 4. The number of piperidine rings is 1. The van der Waals surface area contributed by atoms with Crippen molar-refractivity contribution in [3.05, 3.63) is 113 Å². The molecule has 0 radical (unpaired) electrons. The number of hydrogen-bond acceptors (Lipinski definition) is 6. The van der Waals surface area contributed by atoms with Crippen molar-refractivity contribution in [3.8, 4) is 11.3 Å². The molecule has 0 aliphatic carbocycles. The van der Waals surface area contributed by atoms with Crippen molar-refractivity contribution in [1.29, 1.82) is 0 Å². The largest absolute Gasteiger partial charge is 0.348 e. The van der Waals surface area contributed by atoms with E-state index in [1.54, 1.807) is 25.3 Å². The van der Waals surface area contributed by atoms with Crippen LogP contribution in [0.5, 0.6) is 0 Å². The fraction of sp³-hybridized carbons (Fsp3) is 0.366. The summed E-state index contributed by atoms with van der Waals surface area (Å²) in [5.74, 6) is -0.227. The van der Waals surface area contributed by atoms with Crippen molar-refractivity contribution in [2.24, 2.45) is 0 Å². The van der Waals surface area contributed by atoms with Crippen LogP contribution in [0.1, 0.15) is 58.0 Å². The van der Waals surface area contributed by atoms with Crippen molar-refractivity contribution in [2.45, 2.75) is 39.3 Å². The molecular weight excluding hydrogens is 638 g/mol. The van der Waals surface area contributed by atoms with Gasteiger partial charge in [0.2, 0.25) is 5.91 Å². The van der Waals surface area contributed by atoms with Gasteiger partial charge in [-0.25, -0.2) is 0 Å². The van der Waals surface area contributed by atoms with Gasteiger partial charge in [0.15, 0.2) is 0 Å². The zero-order valence-corrected chi connectivity index (χ0v) is 29.9. The van der Waals surface area contributed by atoms with Gasteiger partial charge in [0.25, 0.3) is 11.8 Å². The monoisotopic (exact) mass is 688 g/mol. The van der Waals surface area contributed by atoms with Crippen molar-refractivity contribution in [2.75, 3.05) is 64.7 Å². The predicted molar refractivity (Wildman–Crippen MR) is 201 cm³/mol. The number of aromatic nitrogens is 1. The second-order valence-corrected chi connectivity index (χ2v) is 13.8. The molecule has 3 N–H and O–H groups in total. The number of anilines is 1. The number of likely N-dealkylation sites (N-methyl/N-ethyl adjacent to an activating group) is 1. The summed E-state index contributed by atoms with van der Waals surface area (Å²) in [5, 5.41) is 6.19. The average Bonchev–Trinajstić information content (AvgIpc) is 3.17. The fourth-order valence-corrected chi connectivity index (χ4v) is 6.95.